The molecule has 0 aliphatic heterocycles. The summed E-state index contributed by atoms with van der Waals surface area (Å²) in [5.74, 6) is 1.83. The van der Waals surface area contributed by atoms with Crippen LogP contribution in [0.25, 0.3) is 0 Å². The van der Waals surface area contributed by atoms with E-state index in [2.05, 4.69) is 56.8 Å². The van der Waals surface area contributed by atoms with Gasteiger partial charge in [-0.25, -0.2) is 0 Å². The molecule has 1 aliphatic carbocycles. The molecule has 0 aromatic carbocycles. The van der Waals surface area contributed by atoms with Gasteiger partial charge in [0, 0.05) is 51.9 Å². The molecule has 0 amide bonds. The van der Waals surface area contributed by atoms with Gasteiger partial charge in [0.25, 0.3) is 0 Å². The highest BCUT2D eigenvalue weighted by atomic mass is 16.5. The van der Waals surface area contributed by atoms with Crippen molar-refractivity contribution in [1.29, 1.82) is 0 Å². The zero-order chi connectivity index (χ0) is 17.9. The van der Waals surface area contributed by atoms with E-state index < -0.39 is 0 Å². The third-order valence-corrected chi connectivity index (χ3v) is 4.48. The number of likely N-dealkylation sites (N-methyl/N-ethyl adjacent to an activating group) is 1. The summed E-state index contributed by atoms with van der Waals surface area (Å²) in [6, 6.07) is 1.18. The lowest BCUT2D eigenvalue weighted by molar-refractivity contribution is 0.115. The standard InChI is InChI=1S/C19H40N4O/c1-7-20-19(22(6)13-14-24-15-18-9-10-18)21-11-8-12-23(16(2)3)17(4)5/h16-18H,7-15H2,1-6H3,(H,20,21). The van der Waals surface area contributed by atoms with E-state index in [-0.39, 0.29) is 0 Å². The lowest BCUT2D eigenvalue weighted by Gasteiger charge is -2.30. The van der Waals surface area contributed by atoms with Gasteiger partial charge >= 0.3 is 0 Å². The van der Waals surface area contributed by atoms with Crippen molar-refractivity contribution in [3.63, 3.8) is 0 Å². The van der Waals surface area contributed by atoms with Gasteiger partial charge in [-0.05, 0) is 59.8 Å². The maximum atomic E-state index is 5.74. The molecule has 0 aromatic rings. The maximum Gasteiger partial charge on any atom is 0.193 e. The highest BCUT2D eigenvalue weighted by Crippen LogP contribution is 2.28. The molecule has 0 atom stereocenters. The molecular formula is C19H40N4O. The SMILES string of the molecule is CCNC(=NCCCN(C(C)C)C(C)C)N(C)CCOCC1CC1. The molecule has 142 valence electrons. The van der Waals surface area contributed by atoms with Gasteiger partial charge in [-0.2, -0.15) is 0 Å². The van der Waals surface area contributed by atoms with Crippen molar-refractivity contribution in [1.82, 2.24) is 15.1 Å². The van der Waals surface area contributed by atoms with E-state index in [1.54, 1.807) is 0 Å². The van der Waals surface area contributed by atoms with E-state index in [4.69, 9.17) is 9.73 Å². The molecule has 1 rings (SSSR count). The molecule has 0 aromatic heterocycles. The average Bonchev–Trinajstić information content (AvgIpc) is 3.33. The van der Waals surface area contributed by atoms with Crippen LogP contribution in [0, 0.1) is 5.92 Å². The predicted octanol–water partition coefficient (Wildman–Crippen LogP) is 2.82. The molecule has 0 heterocycles. The topological polar surface area (TPSA) is 40.1 Å². The van der Waals surface area contributed by atoms with Crippen LogP contribution >= 0.6 is 0 Å². The monoisotopic (exact) mass is 340 g/mol. The van der Waals surface area contributed by atoms with Gasteiger partial charge in [-0.15, -0.1) is 0 Å². The number of nitrogens with zero attached hydrogens (tertiary/aromatic N) is 3. The Labute approximate surface area is 149 Å². The summed E-state index contributed by atoms with van der Waals surface area (Å²) in [5, 5.41) is 3.38. The molecule has 0 radical (unpaired) electrons. The minimum atomic E-state index is 0.591. The van der Waals surface area contributed by atoms with Crippen molar-refractivity contribution in [3.05, 3.63) is 0 Å². The van der Waals surface area contributed by atoms with Gasteiger partial charge < -0.3 is 15.0 Å². The third kappa shape index (κ3) is 8.88. The summed E-state index contributed by atoms with van der Waals surface area (Å²) in [7, 11) is 2.09. The fourth-order valence-electron chi connectivity index (χ4n) is 2.86. The van der Waals surface area contributed by atoms with E-state index in [1.807, 2.05) is 0 Å². The normalized spacial score (nSPS) is 15.6. The molecule has 1 N–H and O–H groups in total. The van der Waals surface area contributed by atoms with Crippen LogP contribution in [0.1, 0.15) is 53.9 Å². The number of nitrogens with one attached hydrogen (secondary N) is 1. The predicted molar refractivity (Wildman–Crippen MR) is 104 cm³/mol. The summed E-state index contributed by atoms with van der Waals surface area (Å²) in [6.45, 7) is 16.7. The van der Waals surface area contributed by atoms with Crippen molar-refractivity contribution in [2.45, 2.75) is 66.0 Å². The second kappa shape index (κ2) is 11.7. The molecule has 0 spiro atoms. The first-order chi connectivity index (χ1) is 11.5. The van der Waals surface area contributed by atoms with Crippen LogP contribution in [-0.2, 0) is 4.74 Å². The van der Waals surface area contributed by atoms with Crippen molar-refractivity contribution in [2.24, 2.45) is 10.9 Å². The fourth-order valence-corrected chi connectivity index (χ4v) is 2.86. The van der Waals surface area contributed by atoms with Gasteiger partial charge in [0.2, 0.25) is 0 Å². The number of guanidine groups is 1. The molecule has 1 fully saturated rings. The van der Waals surface area contributed by atoms with Crippen LogP contribution in [0.2, 0.25) is 0 Å². The summed E-state index contributed by atoms with van der Waals surface area (Å²) in [6.07, 6.45) is 3.80. The van der Waals surface area contributed by atoms with Crippen LogP contribution in [0.4, 0.5) is 0 Å². The molecule has 1 saturated carbocycles. The van der Waals surface area contributed by atoms with E-state index >= 15 is 0 Å². The Bertz CT molecular complexity index is 345. The summed E-state index contributed by atoms with van der Waals surface area (Å²) >= 11 is 0. The van der Waals surface area contributed by atoms with Crippen molar-refractivity contribution >= 4 is 5.96 Å². The van der Waals surface area contributed by atoms with E-state index in [9.17, 15) is 0 Å². The zero-order valence-corrected chi connectivity index (χ0v) is 16.8. The molecule has 5 nitrogen and oxygen atoms in total. The number of rotatable bonds is 12. The van der Waals surface area contributed by atoms with Crippen LogP contribution in [0.5, 0.6) is 0 Å². The van der Waals surface area contributed by atoms with Crippen LogP contribution in [0.15, 0.2) is 4.99 Å². The van der Waals surface area contributed by atoms with Gasteiger partial charge in [-0.3, -0.25) is 9.89 Å². The van der Waals surface area contributed by atoms with Gasteiger partial charge in [0.1, 0.15) is 0 Å². The van der Waals surface area contributed by atoms with E-state index in [0.717, 1.165) is 57.7 Å². The summed E-state index contributed by atoms with van der Waals surface area (Å²) in [5.41, 5.74) is 0. The zero-order valence-electron chi connectivity index (χ0n) is 16.8. The van der Waals surface area contributed by atoms with Crippen LogP contribution in [0.3, 0.4) is 0 Å². The quantitative estimate of drug-likeness (QED) is 0.337. The van der Waals surface area contributed by atoms with Crippen molar-refractivity contribution in [2.75, 3.05) is 46.4 Å². The van der Waals surface area contributed by atoms with Crippen LogP contribution < -0.4 is 5.32 Å². The van der Waals surface area contributed by atoms with E-state index in [0.29, 0.717) is 12.1 Å². The van der Waals surface area contributed by atoms with Crippen molar-refractivity contribution < 1.29 is 4.74 Å². The first-order valence-electron chi connectivity index (χ1n) is 9.78. The molecule has 0 unspecified atom stereocenters. The highest BCUT2D eigenvalue weighted by molar-refractivity contribution is 5.79. The first kappa shape index (κ1) is 21.2. The Morgan fingerprint density at radius 1 is 1.17 bits per heavy atom. The van der Waals surface area contributed by atoms with Gasteiger partial charge in [-0.1, -0.05) is 0 Å². The molecular weight excluding hydrogens is 300 g/mol. The van der Waals surface area contributed by atoms with Crippen LogP contribution in [-0.4, -0.2) is 74.3 Å². The molecule has 5 heteroatoms. The fraction of sp³-hybridized carbons (Fsp3) is 0.947. The highest BCUT2D eigenvalue weighted by Gasteiger charge is 2.21. The van der Waals surface area contributed by atoms with Gasteiger partial charge in [0.05, 0.1) is 6.61 Å². The Morgan fingerprint density at radius 3 is 2.38 bits per heavy atom. The summed E-state index contributed by atoms with van der Waals surface area (Å²) < 4.78 is 5.74. The number of hydrogen-bond donors (Lipinski definition) is 1. The van der Waals surface area contributed by atoms with E-state index in [1.165, 1.54) is 12.8 Å². The minimum absolute atomic E-state index is 0.591. The van der Waals surface area contributed by atoms with Gasteiger partial charge in [0.15, 0.2) is 5.96 Å². The largest absolute Gasteiger partial charge is 0.379 e. The number of ether oxygens (including phenoxy) is 1. The Kier molecular flexibility index (Phi) is 10.3. The second-order valence-corrected chi connectivity index (χ2v) is 7.45. The van der Waals surface area contributed by atoms with Crippen molar-refractivity contribution in [3.8, 4) is 0 Å². The minimum Gasteiger partial charge on any atom is -0.379 e. The number of aliphatic imine (C=N–C) groups is 1. The Morgan fingerprint density at radius 2 is 1.83 bits per heavy atom. The molecule has 0 bridgehead atoms. The smallest absolute Gasteiger partial charge is 0.193 e. The first-order valence-corrected chi connectivity index (χ1v) is 9.78. The molecule has 0 saturated heterocycles. The molecule has 1 aliphatic rings. The second-order valence-electron chi connectivity index (χ2n) is 7.45. The Balaban J connectivity index is 2.31. The lowest BCUT2D eigenvalue weighted by Crippen LogP contribution is -2.41. The third-order valence-electron chi connectivity index (χ3n) is 4.48. The lowest BCUT2D eigenvalue weighted by atomic mass is 10.2. The molecule has 24 heavy (non-hydrogen) atoms. The summed E-state index contributed by atoms with van der Waals surface area (Å²) in [4.78, 5) is 9.48. The Hall–Kier alpha value is -0.810. The maximum absolute atomic E-state index is 5.74. The average molecular weight is 341 g/mol. The number of hydrogen-bond acceptors (Lipinski definition) is 3.